The molecule has 0 aromatic carbocycles. The summed E-state index contributed by atoms with van der Waals surface area (Å²) in [6.07, 6.45) is 4.99. The SMILES string of the molecule is CCCC(NC(=O)[C@@H]1CC2(CN1C(=O)C(NC(=O)OC(C)(C)C)C1CCCCC1)SCCS2)C(O)C(=O)NCC.CCCC(NC(=O)[C@@H]1CC2(CN1N)SCCS2)C(O)C(=O)NCC.Cl. The van der Waals surface area contributed by atoms with Gasteiger partial charge in [-0.15, -0.1) is 59.5 Å². The number of thioether (sulfide) groups is 4. The fourth-order valence-corrected chi connectivity index (χ4v) is 15.5. The van der Waals surface area contributed by atoms with E-state index in [1.54, 1.807) is 68.1 Å². The van der Waals surface area contributed by atoms with Crippen LogP contribution in [0.2, 0.25) is 0 Å². The zero-order chi connectivity index (χ0) is 47.2. The number of rotatable bonds is 17. The van der Waals surface area contributed by atoms with Crippen LogP contribution < -0.4 is 32.4 Å². The predicted octanol–water partition coefficient (Wildman–Crippen LogP) is 3.33. The Morgan fingerprint density at radius 3 is 1.60 bits per heavy atom. The average molecular weight is 1010 g/mol. The molecule has 5 unspecified atom stereocenters. The van der Waals surface area contributed by atoms with E-state index in [-0.39, 0.29) is 44.2 Å². The summed E-state index contributed by atoms with van der Waals surface area (Å²) in [4.78, 5) is 79.5. The molecule has 0 radical (unpaired) electrons. The van der Waals surface area contributed by atoms with E-state index in [4.69, 9.17) is 10.6 Å². The van der Waals surface area contributed by atoms with Gasteiger partial charge in [-0.05, 0) is 72.6 Å². The number of nitrogens with zero attached hydrogens (tertiary/aromatic N) is 2. The molecule has 0 aromatic heterocycles. The van der Waals surface area contributed by atoms with Gasteiger partial charge in [-0.3, -0.25) is 29.8 Å². The molecule has 17 nitrogen and oxygen atoms in total. The molecule has 4 saturated heterocycles. The number of hydrogen-bond acceptors (Lipinski definition) is 15. The van der Waals surface area contributed by atoms with Crippen LogP contribution in [0.15, 0.2) is 0 Å². The first kappa shape index (κ1) is 57.5. The third kappa shape index (κ3) is 16.4. The van der Waals surface area contributed by atoms with Crippen LogP contribution in [0, 0.1) is 5.92 Å². The molecule has 0 bridgehead atoms. The zero-order valence-corrected chi connectivity index (χ0v) is 43.4. The number of ether oxygens (including phenoxy) is 1. The second-order valence-electron chi connectivity index (χ2n) is 18.3. The summed E-state index contributed by atoms with van der Waals surface area (Å²) in [5.74, 6) is 8.26. The van der Waals surface area contributed by atoms with Crippen LogP contribution in [0.5, 0.6) is 0 Å². The topological polar surface area (TPSA) is 245 Å². The second-order valence-corrected chi connectivity index (χ2v) is 24.7. The lowest BCUT2D eigenvalue weighted by molar-refractivity contribution is -0.142. The molecule has 0 aromatic rings. The number of nitrogens with one attached hydrogen (secondary N) is 5. The van der Waals surface area contributed by atoms with Crippen LogP contribution in [0.1, 0.15) is 119 Å². The molecule has 5 rings (SSSR count). The van der Waals surface area contributed by atoms with Crippen LogP contribution in [0.25, 0.3) is 0 Å². The van der Waals surface area contributed by atoms with Crippen molar-refractivity contribution in [2.45, 2.75) is 175 Å². The number of carbonyl (C=O) groups excluding carboxylic acids is 6. The van der Waals surface area contributed by atoms with E-state index in [0.29, 0.717) is 58.3 Å². The summed E-state index contributed by atoms with van der Waals surface area (Å²) in [7, 11) is 0. The fourth-order valence-electron chi connectivity index (χ4n) is 9.01. The van der Waals surface area contributed by atoms with Gasteiger partial charge in [-0.25, -0.2) is 9.80 Å². The molecule has 1 saturated carbocycles. The maximum absolute atomic E-state index is 14.3. The van der Waals surface area contributed by atoms with Crippen molar-refractivity contribution < 1.29 is 43.7 Å². The lowest BCUT2D eigenvalue weighted by Gasteiger charge is -2.35. The summed E-state index contributed by atoms with van der Waals surface area (Å²) < 4.78 is 5.23. The van der Waals surface area contributed by atoms with Gasteiger partial charge in [0.25, 0.3) is 11.8 Å². The number of likely N-dealkylation sites (tertiary alicyclic amines) is 1. The third-order valence-electron chi connectivity index (χ3n) is 12.1. The molecular formula is C43H77ClN8O9S4. The third-order valence-corrected chi connectivity index (χ3v) is 18.9. The van der Waals surface area contributed by atoms with E-state index < -0.39 is 65.9 Å². The molecule has 4 heterocycles. The minimum Gasteiger partial charge on any atom is -0.444 e. The van der Waals surface area contributed by atoms with Crippen LogP contribution in [0.3, 0.4) is 0 Å². The number of alkyl carbamates (subject to hydrolysis) is 1. The van der Waals surface area contributed by atoms with E-state index in [1.165, 1.54) is 0 Å². The number of aliphatic hydroxyl groups excluding tert-OH is 2. The smallest absolute Gasteiger partial charge is 0.408 e. The lowest BCUT2D eigenvalue weighted by Crippen LogP contribution is -2.58. The first-order valence-corrected chi connectivity index (χ1v) is 27.2. The molecule has 7 atom stereocenters. The second kappa shape index (κ2) is 26.8. The van der Waals surface area contributed by atoms with Crippen molar-refractivity contribution in [3.63, 3.8) is 0 Å². The van der Waals surface area contributed by atoms with Crippen molar-refractivity contribution >= 4 is 95.1 Å². The number of likely N-dealkylation sites (N-methyl/N-ethyl adjacent to an activating group) is 2. The Labute approximate surface area is 409 Å². The molecule has 374 valence electrons. The van der Waals surface area contributed by atoms with Crippen molar-refractivity contribution in [3.05, 3.63) is 0 Å². The highest BCUT2D eigenvalue weighted by Gasteiger charge is 2.54. The van der Waals surface area contributed by atoms with Crippen molar-refractivity contribution in [2.75, 3.05) is 49.2 Å². The number of carbonyl (C=O) groups is 6. The number of hydrogen-bond donors (Lipinski definition) is 8. The standard InChI is InChI=1S/C28H48N4O6S2.C15H28N4O3S2.ClH/c1-6-11-19(22(33)24(35)29-7-2)30-23(34)20-16-28(39-14-15-40-28)17-32(20)25(36)21(18-12-9-8-10-13-18)31-26(37)38-27(3,4)5;1-3-5-10(12(20)14(22)17-4-2)18-13(21)11-8-15(9-19(11)16)23-6-7-24-15;/h18-22,33H,6-17H2,1-5H3,(H,29,35)(H,30,34)(H,31,37);10-12,20H,3-9,16H2,1-2H3,(H,17,22)(H,18,21);1H/t19?,20-,21?,22?;10?,11-,12?;/m00./s1. The highest BCUT2D eigenvalue weighted by atomic mass is 35.5. The van der Waals surface area contributed by atoms with E-state index in [0.717, 1.165) is 61.5 Å². The summed E-state index contributed by atoms with van der Waals surface area (Å²) in [6, 6.07) is -3.33. The summed E-state index contributed by atoms with van der Waals surface area (Å²) in [6.45, 7) is 14.7. The van der Waals surface area contributed by atoms with Gasteiger partial charge in [0, 0.05) is 55.6 Å². The maximum atomic E-state index is 14.3. The monoisotopic (exact) mass is 1010 g/mol. The number of hydrazine groups is 1. The predicted molar refractivity (Wildman–Crippen MR) is 265 cm³/mol. The Kier molecular flexibility index (Phi) is 23.7. The Morgan fingerprint density at radius 2 is 1.15 bits per heavy atom. The van der Waals surface area contributed by atoms with Crippen molar-refractivity contribution in [1.82, 2.24) is 36.5 Å². The highest BCUT2D eigenvalue weighted by Crippen LogP contribution is 2.52. The molecule has 6 amide bonds. The fraction of sp³-hybridized carbons (Fsp3) is 0.860. The Balaban J connectivity index is 0.000000384. The van der Waals surface area contributed by atoms with Crippen molar-refractivity contribution in [1.29, 1.82) is 0 Å². The van der Waals surface area contributed by atoms with Crippen LogP contribution in [-0.2, 0) is 28.7 Å². The lowest BCUT2D eigenvalue weighted by atomic mass is 9.83. The molecule has 22 heteroatoms. The van der Waals surface area contributed by atoms with Crippen LogP contribution in [-0.4, -0.2) is 161 Å². The molecule has 5 aliphatic rings. The molecular weight excluding hydrogens is 936 g/mol. The van der Waals surface area contributed by atoms with E-state index in [2.05, 4.69) is 26.6 Å². The minimum absolute atomic E-state index is 0. The number of halogens is 1. The van der Waals surface area contributed by atoms with Gasteiger partial charge in [0.15, 0.2) is 12.2 Å². The van der Waals surface area contributed by atoms with E-state index in [9.17, 15) is 39.0 Å². The first-order valence-electron chi connectivity index (χ1n) is 23.2. The van der Waals surface area contributed by atoms with Crippen LogP contribution in [0.4, 0.5) is 4.79 Å². The minimum atomic E-state index is -1.39. The number of aliphatic hydroxyl groups is 2. The average Bonchev–Trinajstić information content (AvgIpc) is 4.07. The van der Waals surface area contributed by atoms with Gasteiger partial charge < -0.3 is 46.4 Å². The molecule has 9 N–H and O–H groups in total. The van der Waals surface area contributed by atoms with Crippen molar-refractivity contribution in [3.8, 4) is 0 Å². The van der Waals surface area contributed by atoms with Crippen molar-refractivity contribution in [2.24, 2.45) is 11.8 Å². The van der Waals surface area contributed by atoms with E-state index >= 15 is 0 Å². The van der Waals surface area contributed by atoms with Gasteiger partial charge in [0.2, 0.25) is 17.7 Å². The zero-order valence-electron chi connectivity index (χ0n) is 39.3. The maximum Gasteiger partial charge on any atom is 0.408 e. The normalized spacial score (nSPS) is 23.8. The molecule has 5 fully saturated rings. The first-order chi connectivity index (χ1) is 30.3. The number of nitrogens with two attached hydrogens (primary N) is 1. The van der Waals surface area contributed by atoms with Gasteiger partial charge in [0.1, 0.15) is 23.7 Å². The molecule has 65 heavy (non-hydrogen) atoms. The Bertz CT molecular complexity index is 1580. The van der Waals surface area contributed by atoms with Gasteiger partial charge >= 0.3 is 6.09 Å². The summed E-state index contributed by atoms with van der Waals surface area (Å²) in [5, 5.41) is 36.3. The highest BCUT2D eigenvalue weighted by molar-refractivity contribution is 8.21. The van der Waals surface area contributed by atoms with Gasteiger partial charge in [-0.1, -0.05) is 46.0 Å². The number of amides is 6. The Morgan fingerprint density at radius 1 is 0.708 bits per heavy atom. The van der Waals surface area contributed by atoms with Crippen LogP contribution >= 0.6 is 59.5 Å². The quantitative estimate of drug-likeness (QED) is 0.0975. The van der Waals surface area contributed by atoms with Gasteiger partial charge in [0.05, 0.1) is 20.2 Å². The molecule has 1 aliphatic carbocycles. The summed E-state index contributed by atoms with van der Waals surface area (Å²) >= 11 is 7.29. The molecule has 2 spiro atoms. The van der Waals surface area contributed by atoms with E-state index in [1.807, 2.05) is 37.4 Å². The summed E-state index contributed by atoms with van der Waals surface area (Å²) in [5.41, 5.74) is -0.708. The van der Waals surface area contributed by atoms with Gasteiger partial charge in [-0.2, -0.15) is 0 Å². The Hall–Kier alpha value is -1.85. The largest absolute Gasteiger partial charge is 0.444 e. The molecule has 4 aliphatic heterocycles.